The van der Waals surface area contributed by atoms with Crippen LogP contribution in [0.1, 0.15) is 19.8 Å². The van der Waals surface area contributed by atoms with E-state index in [-0.39, 0.29) is 0 Å². The Morgan fingerprint density at radius 2 is 2.05 bits per heavy atom. The number of likely N-dealkylation sites (tertiary alicyclic amines) is 1. The Morgan fingerprint density at radius 1 is 1.35 bits per heavy atom. The lowest BCUT2D eigenvalue weighted by molar-refractivity contribution is -0.909. The molecule has 0 aromatic heterocycles. The van der Waals surface area contributed by atoms with Gasteiger partial charge in [0, 0.05) is 28.6 Å². The molecule has 2 atom stereocenters. The van der Waals surface area contributed by atoms with Gasteiger partial charge in [-0.2, -0.15) is 0 Å². The summed E-state index contributed by atoms with van der Waals surface area (Å²) in [6.45, 7) is 5.59. The molecule has 0 amide bonds. The van der Waals surface area contributed by atoms with Crippen molar-refractivity contribution in [2.45, 2.75) is 25.8 Å². The van der Waals surface area contributed by atoms with E-state index in [0.29, 0.717) is 21.2 Å². The zero-order valence-corrected chi connectivity index (χ0v) is 13.8. The van der Waals surface area contributed by atoms with E-state index in [4.69, 9.17) is 35.4 Å². The number of hydrogen-bond acceptors (Lipinski definition) is 1. The molecule has 0 radical (unpaired) electrons. The summed E-state index contributed by atoms with van der Waals surface area (Å²) >= 11 is 17.2. The van der Waals surface area contributed by atoms with E-state index in [2.05, 4.69) is 17.6 Å². The molecule has 0 spiro atoms. The summed E-state index contributed by atoms with van der Waals surface area (Å²) in [5, 5.41) is 8.22. The fourth-order valence-electron chi connectivity index (χ4n) is 2.71. The smallest absolute Gasteiger partial charge is 0.170 e. The molecule has 1 aromatic carbocycles. The SMILES string of the molecule is CC[NH+]1CCC[C@H]1CNC(=S)Nc1cc(Cl)cc(Cl)c1. The number of benzene rings is 1. The van der Waals surface area contributed by atoms with Crippen molar-refractivity contribution in [3.63, 3.8) is 0 Å². The molecule has 1 saturated heterocycles. The molecule has 1 unspecified atom stereocenters. The first-order chi connectivity index (χ1) is 9.58. The molecule has 3 N–H and O–H groups in total. The third-order valence-electron chi connectivity index (χ3n) is 3.71. The van der Waals surface area contributed by atoms with Crippen molar-refractivity contribution in [3.8, 4) is 0 Å². The Hall–Kier alpha value is -0.550. The predicted octanol–water partition coefficient (Wildman–Crippen LogP) is 2.35. The van der Waals surface area contributed by atoms with Gasteiger partial charge in [0.15, 0.2) is 5.11 Å². The van der Waals surface area contributed by atoms with Crippen LogP contribution in [-0.2, 0) is 0 Å². The van der Waals surface area contributed by atoms with E-state index >= 15 is 0 Å². The lowest BCUT2D eigenvalue weighted by Gasteiger charge is -2.21. The summed E-state index contributed by atoms with van der Waals surface area (Å²) in [5.74, 6) is 0. The Morgan fingerprint density at radius 3 is 2.70 bits per heavy atom. The van der Waals surface area contributed by atoms with Gasteiger partial charge in [0.2, 0.25) is 0 Å². The van der Waals surface area contributed by atoms with Gasteiger partial charge in [-0.1, -0.05) is 23.2 Å². The molecule has 1 aliphatic rings. The van der Waals surface area contributed by atoms with E-state index in [0.717, 1.165) is 12.2 Å². The van der Waals surface area contributed by atoms with Crippen LogP contribution >= 0.6 is 35.4 Å². The average Bonchev–Trinajstić information content (AvgIpc) is 2.82. The lowest BCUT2D eigenvalue weighted by Crippen LogP contribution is -3.14. The van der Waals surface area contributed by atoms with Gasteiger partial charge in [-0.05, 0) is 37.3 Å². The van der Waals surface area contributed by atoms with E-state index in [1.807, 2.05) is 0 Å². The molecule has 2 rings (SSSR count). The summed E-state index contributed by atoms with van der Waals surface area (Å²) in [6.07, 6.45) is 2.57. The summed E-state index contributed by atoms with van der Waals surface area (Å²) in [7, 11) is 0. The Labute approximate surface area is 135 Å². The summed E-state index contributed by atoms with van der Waals surface area (Å²) in [5.41, 5.74) is 0.811. The molecule has 0 saturated carbocycles. The first-order valence-electron chi connectivity index (χ1n) is 6.94. The Kier molecular flexibility index (Phi) is 5.90. The van der Waals surface area contributed by atoms with Crippen LogP contribution in [0.2, 0.25) is 10.0 Å². The number of halogens is 2. The normalized spacial score (nSPS) is 21.8. The quantitative estimate of drug-likeness (QED) is 0.739. The molecular formula is C14H20Cl2N3S+. The maximum atomic E-state index is 5.96. The van der Waals surface area contributed by atoms with Crippen LogP contribution in [0.5, 0.6) is 0 Å². The highest BCUT2D eigenvalue weighted by Crippen LogP contribution is 2.22. The predicted molar refractivity (Wildman–Crippen MR) is 90.1 cm³/mol. The molecular weight excluding hydrogens is 313 g/mol. The van der Waals surface area contributed by atoms with Gasteiger partial charge in [-0.25, -0.2) is 0 Å². The molecule has 6 heteroatoms. The largest absolute Gasteiger partial charge is 0.356 e. The molecule has 110 valence electrons. The molecule has 1 aliphatic heterocycles. The van der Waals surface area contributed by atoms with Gasteiger partial charge in [0.25, 0.3) is 0 Å². The van der Waals surface area contributed by atoms with Crippen molar-refractivity contribution in [3.05, 3.63) is 28.2 Å². The van der Waals surface area contributed by atoms with Crippen LogP contribution in [-0.4, -0.2) is 30.8 Å². The highest BCUT2D eigenvalue weighted by molar-refractivity contribution is 7.80. The van der Waals surface area contributed by atoms with Crippen LogP contribution in [0.15, 0.2) is 18.2 Å². The molecule has 20 heavy (non-hydrogen) atoms. The maximum Gasteiger partial charge on any atom is 0.170 e. The second-order valence-corrected chi connectivity index (χ2v) is 6.38. The van der Waals surface area contributed by atoms with Gasteiger partial charge in [-0.3, -0.25) is 0 Å². The summed E-state index contributed by atoms with van der Waals surface area (Å²) in [4.78, 5) is 1.66. The minimum absolute atomic E-state index is 0.597. The van der Waals surface area contributed by atoms with E-state index in [1.165, 1.54) is 25.9 Å². The zero-order chi connectivity index (χ0) is 14.5. The van der Waals surface area contributed by atoms with Gasteiger partial charge in [0.05, 0.1) is 19.6 Å². The second-order valence-electron chi connectivity index (χ2n) is 5.09. The third kappa shape index (κ3) is 4.48. The van der Waals surface area contributed by atoms with Crippen LogP contribution in [0.3, 0.4) is 0 Å². The van der Waals surface area contributed by atoms with Crippen LogP contribution < -0.4 is 15.5 Å². The van der Waals surface area contributed by atoms with E-state index in [1.54, 1.807) is 23.1 Å². The topological polar surface area (TPSA) is 28.5 Å². The van der Waals surface area contributed by atoms with E-state index in [9.17, 15) is 0 Å². The van der Waals surface area contributed by atoms with Crippen molar-refractivity contribution >= 4 is 46.2 Å². The number of likely N-dealkylation sites (N-methyl/N-ethyl adjacent to an activating group) is 1. The lowest BCUT2D eigenvalue weighted by atomic mass is 10.2. The van der Waals surface area contributed by atoms with Gasteiger partial charge in [-0.15, -0.1) is 0 Å². The Balaban J connectivity index is 1.83. The van der Waals surface area contributed by atoms with Crippen molar-refractivity contribution in [2.24, 2.45) is 0 Å². The number of hydrogen-bond donors (Lipinski definition) is 3. The highest BCUT2D eigenvalue weighted by Gasteiger charge is 2.26. The molecule has 0 aliphatic carbocycles. The number of rotatable bonds is 4. The van der Waals surface area contributed by atoms with Gasteiger partial charge < -0.3 is 15.5 Å². The first kappa shape index (κ1) is 15.8. The molecule has 0 bridgehead atoms. The summed E-state index contributed by atoms with van der Waals surface area (Å²) < 4.78 is 0. The second kappa shape index (κ2) is 7.46. The van der Waals surface area contributed by atoms with Crippen molar-refractivity contribution in [1.82, 2.24) is 5.32 Å². The van der Waals surface area contributed by atoms with Crippen LogP contribution in [0.25, 0.3) is 0 Å². The monoisotopic (exact) mass is 332 g/mol. The zero-order valence-electron chi connectivity index (χ0n) is 11.5. The molecule has 1 aromatic rings. The van der Waals surface area contributed by atoms with Crippen molar-refractivity contribution < 1.29 is 4.90 Å². The number of thiocarbonyl (C=S) groups is 1. The van der Waals surface area contributed by atoms with Crippen LogP contribution in [0.4, 0.5) is 5.69 Å². The minimum Gasteiger partial charge on any atom is -0.356 e. The fourth-order valence-corrected chi connectivity index (χ4v) is 3.44. The number of quaternary nitrogens is 1. The van der Waals surface area contributed by atoms with Crippen molar-refractivity contribution in [2.75, 3.05) is 25.0 Å². The fraction of sp³-hybridized carbons (Fsp3) is 0.500. The average molecular weight is 333 g/mol. The number of nitrogens with one attached hydrogen (secondary N) is 3. The van der Waals surface area contributed by atoms with E-state index < -0.39 is 0 Å². The van der Waals surface area contributed by atoms with Crippen LogP contribution in [0, 0.1) is 0 Å². The summed E-state index contributed by atoms with van der Waals surface area (Å²) in [6, 6.07) is 5.97. The van der Waals surface area contributed by atoms with Crippen molar-refractivity contribution in [1.29, 1.82) is 0 Å². The standard InChI is InChI=1S/C14H19Cl2N3S/c1-2-19-5-3-4-13(19)9-17-14(20)18-12-7-10(15)6-11(16)8-12/h6-8,13H,2-5,9H2,1H3,(H2,17,18,20)/p+1/t13-/m0/s1. The third-order valence-corrected chi connectivity index (χ3v) is 4.39. The first-order valence-corrected chi connectivity index (χ1v) is 8.10. The molecule has 3 nitrogen and oxygen atoms in total. The minimum atomic E-state index is 0.597. The number of anilines is 1. The highest BCUT2D eigenvalue weighted by atomic mass is 35.5. The van der Waals surface area contributed by atoms with Gasteiger partial charge in [0.1, 0.15) is 6.04 Å². The maximum absolute atomic E-state index is 5.96. The molecule has 1 fully saturated rings. The molecule has 1 heterocycles. The Bertz CT molecular complexity index is 461. The van der Waals surface area contributed by atoms with Gasteiger partial charge >= 0.3 is 0 Å².